The van der Waals surface area contributed by atoms with E-state index in [0.29, 0.717) is 41.8 Å². The van der Waals surface area contributed by atoms with Crippen molar-refractivity contribution in [2.75, 3.05) is 36.2 Å². The standard InChI is InChI=1S/C39H47FN8O6S/c1-25-10-8-9-17-46(25)38-44-43-35-16-13-28(24-47(35)38)54-33-15-14-32(30-11-6-7-12-31(30)33)41-37(49)42-36-23-34(39(2,3)4)45-48(36)27-20-26(40)21-29(22-27)52-18-19-53-55(5,50)51/h6-7,11-13,16,20-25,32-33H,8-10,14-15,17-19H2,1-5H3,(H2,41,42,49)/t25-,32?,33+/m0/s1. The normalized spacial score (nSPS) is 18.9. The molecule has 2 amide bonds. The van der Waals surface area contributed by atoms with Crippen molar-refractivity contribution in [3.8, 4) is 17.2 Å². The molecule has 16 heteroatoms. The van der Waals surface area contributed by atoms with Crippen LogP contribution in [0.5, 0.6) is 11.5 Å². The van der Waals surface area contributed by atoms with Crippen LogP contribution in [0.15, 0.2) is 66.9 Å². The second kappa shape index (κ2) is 15.5. The maximum absolute atomic E-state index is 14.9. The van der Waals surface area contributed by atoms with Crippen molar-refractivity contribution in [1.82, 2.24) is 29.7 Å². The first kappa shape index (κ1) is 38.1. The van der Waals surface area contributed by atoms with Gasteiger partial charge in [0.2, 0.25) is 5.95 Å². The number of halogens is 1. The lowest BCUT2D eigenvalue weighted by Crippen LogP contribution is -2.38. The van der Waals surface area contributed by atoms with Crippen LogP contribution in [-0.2, 0) is 19.7 Å². The molecule has 292 valence electrons. The van der Waals surface area contributed by atoms with Crippen LogP contribution in [0.4, 0.5) is 21.0 Å². The number of pyridine rings is 1. The molecule has 2 N–H and O–H groups in total. The molecule has 2 aliphatic rings. The van der Waals surface area contributed by atoms with Gasteiger partial charge in [0, 0.05) is 36.2 Å². The van der Waals surface area contributed by atoms with Crippen molar-refractivity contribution < 1.29 is 31.3 Å². The van der Waals surface area contributed by atoms with Gasteiger partial charge in [0.05, 0.1) is 29.9 Å². The van der Waals surface area contributed by atoms with Gasteiger partial charge < -0.3 is 19.7 Å². The number of benzene rings is 2. The molecule has 55 heavy (non-hydrogen) atoms. The Hall–Kier alpha value is -5.22. The third kappa shape index (κ3) is 8.86. The van der Waals surface area contributed by atoms with E-state index in [1.54, 1.807) is 12.1 Å². The van der Waals surface area contributed by atoms with Crippen LogP contribution < -0.4 is 25.0 Å². The predicted molar refractivity (Wildman–Crippen MR) is 206 cm³/mol. The Bertz CT molecular complexity index is 2290. The third-order valence-electron chi connectivity index (χ3n) is 9.91. The number of rotatable bonds is 11. The number of aromatic nitrogens is 5. The highest BCUT2D eigenvalue weighted by molar-refractivity contribution is 7.85. The van der Waals surface area contributed by atoms with Crippen LogP contribution in [0.1, 0.15) is 88.8 Å². The Morgan fingerprint density at radius 1 is 0.964 bits per heavy atom. The topological polar surface area (TPSA) is 154 Å². The minimum Gasteiger partial charge on any atom is -0.491 e. The highest BCUT2D eigenvalue weighted by Crippen LogP contribution is 2.39. The molecule has 1 saturated heterocycles. The number of hydrogen-bond acceptors (Lipinski definition) is 10. The monoisotopic (exact) mass is 774 g/mol. The first-order chi connectivity index (χ1) is 26.2. The van der Waals surface area contributed by atoms with E-state index in [-0.39, 0.29) is 31.1 Å². The number of nitrogens with zero attached hydrogens (tertiary/aromatic N) is 6. The number of carbonyl (C=O) groups excluding carboxylic acids is 1. The Balaban J connectivity index is 1.07. The lowest BCUT2D eigenvalue weighted by atomic mass is 9.85. The smallest absolute Gasteiger partial charge is 0.320 e. The maximum Gasteiger partial charge on any atom is 0.320 e. The molecule has 0 bridgehead atoms. The van der Waals surface area contributed by atoms with Gasteiger partial charge in [-0.05, 0) is 68.4 Å². The van der Waals surface area contributed by atoms with Crippen molar-refractivity contribution in [1.29, 1.82) is 0 Å². The number of amides is 2. The largest absolute Gasteiger partial charge is 0.491 e. The highest BCUT2D eigenvalue weighted by atomic mass is 32.2. The number of piperidine rings is 1. The van der Waals surface area contributed by atoms with Crippen molar-refractivity contribution in [2.24, 2.45) is 0 Å². The first-order valence-electron chi connectivity index (χ1n) is 18.5. The van der Waals surface area contributed by atoms with E-state index in [4.69, 9.17) is 18.8 Å². The number of anilines is 2. The van der Waals surface area contributed by atoms with Crippen LogP contribution in [0.25, 0.3) is 11.3 Å². The zero-order valence-corrected chi connectivity index (χ0v) is 32.5. The van der Waals surface area contributed by atoms with E-state index >= 15 is 0 Å². The van der Waals surface area contributed by atoms with Gasteiger partial charge >= 0.3 is 6.03 Å². The number of ether oxygens (including phenoxy) is 2. The molecule has 5 aromatic rings. The van der Waals surface area contributed by atoms with Crippen molar-refractivity contribution >= 4 is 33.6 Å². The van der Waals surface area contributed by atoms with Crippen molar-refractivity contribution in [2.45, 2.75) is 83.4 Å². The lowest BCUT2D eigenvalue weighted by Gasteiger charge is -2.33. The molecule has 1 unspecified atom stereocenters. The average Bonchev–Trinajstić information content (AvgIpc) is 3.75. The van der Waals surface area contributed by atoms with Crippen LogP contribution >= 0.6 is 0 Å². The van der Waals surface area contributed by atoms with Crippen molar-refractivity contribution in [3.05, 3.63) is 89.5 Å². The number of nitrogens with one attached hydrogen (secondary N) is 2. The minimum atomic E-state index is -3.65. The SMILES string of the molecule is C[C@H]1CCCCN1c1nnc2ccc(O[C@@H]3CCC(NC(=O)Nc4cc(C(C)(C)C)nn4-c4cc(F)cc(OCCOS(C)(=O)=O)c4)c4ccccc43)cn12. The van der Waals surface area contributed by atoms with Crippen LogP contribution in [0, 0.1) is 5.82 Å². The molecule has 1 aliphatic heterocycles. The Morgan fingerprint density at radius 2 is 1.76 bits per heavy atom. The Labute approximate surface area is 320 Å². The fraction of sp³-hybridized carbons (Fsp3) is 0.436. The van der Waals surface area contributed by atoms with E-state index in [1.165, 1.54) is 23.2 Å². The molecule has 3 atom stereocenters. The predicted octanol–water partition coefficient (Wildman–Crippen LogP) is 6.86. The van der Waals surface area contributed by atoms with Crippen molar-refractivity contribution in [3.63, 3.8) is 0 Å². The number of fused-ring (bicyclic) bond motifs is 2. The molecule has 1 aliphatic carbocycles. The molecule has 3 aromatic heterocycles. The highest BCUT2D eigenvalue weighted by Gasteiger charge is 2.31. The van der Waals surface area contributed by atoms with Crippen LogP contribution in [-0.4, -0.2) is 70.9 Å². The summed E-state index contributed by atoms with van der Waals surface area (Å²) in [4.78, 5) is 16.0. The second-order valence-electron chi connectivity index (χ2n) is 15.2. The third-order valence-corrected chi connectivity index (χ3v) is 10.5. The van der Waals surface area contributed by atoms with E-state index in [2.05, 4.69) is 32.7 Å². The molecule has 4 heterocycles. The summed E-state index contributed by atoms with van der Waals surface area (Å²) in [6.07, 6.45) is 7.41. The maximum atomic E-state index is 14.9. The summed E-state index contributed by atoms with van der Waals surface area (Å²) in [7, 11) is -3.65. The Morgan fingerprint density at radius 3 is 2.53 bits per heavy atom. The van der Waals surface area contributed by atoms with Gasteiger partial charge in [-0.25, -0.2) is 13.9 Å². The zero-order chi connectivity index (χ0) is 38.9. The van der Waals surface area contributed by atoms with Gasteiger partial charge in [0.25, 0.3) is 10.1 Å². The quantitative estimate of drug-likeness (QED) is 0.107. The summed E-state index contributed by atoms with van der Waals surface area (Å²) < 4.78 is 57.9. The molecule has 1 fully saturated rings. The summed E-state index contributed by atoms with van der Waals surface area (Å²) in [6.45, 7) is 8.77. The van der Waals surface area contributed by atoms with Gasteiger partial charge in [-0.1, -0.05) is 45.0 Å². The van der Waals surface area contributed by atoms with E-state index in [1.807, 2.05) is 67.8 Å². The summed E-state index contributed by atoms with van der Waals surface area (Å²) in [5, 5.41) is 19.7. The van der Waals surface area contributed by atoms with Crippen LogP contribution in [0.2, 0.25) is 0 Å². The minimum absolute atomic E-state index is 0.124. The molecule has 2 aromatic carbocycles. The summed E-state index contributed by atoms with van der Waals surface area (Å²) in [6, 6.07) is 17.2. The molecule has 14 nitrogen and oxygen atoms in total. The number of carbonyl (C=O) groups is 1. The van der Waals surface area contributed by atoms with Crippen LogP contribution in [0.3, 0.4) is 0 Å². The van der Waals surface area contributed by atoms with Gasteiger partial charge in [-0.15, -0.1) is 10.2 Å². The number of urea groups is 1. The van der Waals surface area contributed by atoms with E-state index in [9.17, 15) is 17.6 Å². The van der Waals surface area contributed by atoms with E-state index in [0.717, 1.165) is 48.4 Å². The molecule has 7 rings (SSSR count). The van der Waals surface area contributed by atoms with Gasteiger partial charge in [0.1, 0.15) is 42.5 Å². The second-order valence-corrected chi connectivity index (χ2v) is 16.8. The summed E-state index contributed by atoms with van der Waals surface area (Å²) in [5.74, 6) is 1.40. The summed E-state index contributed by atoms with van der Waals surface area (Å²) in [5.41, 5.74) is 3.28. The average molecular weight is 775 g/mol. The van der Waals surface area contributed by atoms with E-state index < -0.39 is 27.4 Å². The number of hydrogen-bond donors (Lipinski definition) is 2. The Kier molecular flexibility index (Phi) is 10.7. The zero-order valence-electron chi connectivity index (χ0n) is 31.7. The lowest BCUT2D eigenvalue weighted by molar-refractivity contribution is 0.171. The summed E-state index contributed by atoms with van der Waals surface area (Å²) >= 11 is 0. The fourth-order valence-electron chi connectivity index (χ4n) is 7.15. The molecule has 0 spiro atoms. The molecule has 0 saturated carbocycles. The molecular formula is C39H47FN8O6S. The molecular weight excluding hydrogens is 728 g/mol. The first-order valence-corrected chi connectivity index (χ1v) is 20.4. The molecule has 0 radical (unpaired) electrons. The van der Waals surface area contributed by atoms with Gasteiger partial charge in [-0.2, -0.15) is 13.5 Å². The van der Waals surface area contributed by atoms with Gasteiger partial charge in [0.15, 0.2) is 5.65 Å². The fourth-order valence-corrected chi connectivity index (χ4v) is 7.52. The van der Waals surface area contributed by atoms with Gasteiger partial charge in [-0.3, -0.25) is 13.9 Å².